The molecule has 0 saturated heterocycles. The summed E-state index contributed by atoms with van der Waals surface area (Å²) in [4.78, 5) is 12.4. The third-order valence-corrected chi connectivity index (χ3v) is 4.19. The van der Waals surface area contributed by atoms with Crippen LogP contribution in [-0.2, 0) is 4.79 Å². The first-order chi connectivity index (χ1) is 6.77. The SMILES string of the molecule is O=C1CCCC1Sc1ccccc1Cl. The van der Waals surface area contributed by atoms with Crippen molar-refractivity contribution in [3.05, 3.63) is 29.3 Å². The molecule has 74 valence electrons. The first-order valence-electron chi connectivity index (χ1n) is 4.71. The summed E-state index contributed by atoms with van der Waals surface area (Å²) in [7, 11) is 0. The second-order valence-corrected chi connectivity index (χ2v) is 5.05. The smallest absolute Gasteiger partial charge is 0.146 e. The summed E-state index contributed by atoms with van der Waals surface area (Å²) in [5, 5.41) is 0.882. The standard InChI is InChI=1S/C11H11ClOS/c12-8-4-1-2-6-10(8)14-11-7-3-5-9(11)13/h1-2,4,6,11H,3,5,7H2. The summed E-state index contributed by atoms with van der Waals surface area (Å²) in [5.41, 5.74) is 0. The zero-order chi connectivity index (χ0) is 9.97. The zero-order valence-corrected chi connectivity index (χ0v) is 9.27. The van der Waals surface area contributed by atoms with Crippen LogP contribution in [0.2, 0.25) is 5.02 Å². The van der Waals surface area contributed by atoms with Gasteiger partial charge < -0.3 is 0 Å². The number of hydrogen-bond donors (Lipinski definition) is 0. The molecule has 1 nitrogen and oxygen atoms in total. The molecule has 1 aromatic carbocycles. The van der Waals surface area contributed by atoms with Crippen LogP contribution in [0.15, 0.2) is 29.2 Å². The van der Waals surface area contributed by atoms with Gasteiger partial charge in [0.2, 0.25) is 0 Å². The molecule has 0 radical (unpaired) electrons. The summed E-state index contributed by atoms with van der Waals surface area (Å²) >= 11 is 7.62. The maximum Gasteiger partial charge on any atom is 0.146 e. The van der Waals surface area contributed by atoms with E-state index in [4.69, 9.17) is 11.6 Å². The summed E-state index contributed by atoms with van der Waals surface area (Å²) in [6.07, 6.45) is 2.76. The van der Waals surface area contributed by atoms with Gasteiger partial charge in [0.05, 0.1) is 10.3 Å². The Morgan fingerprint density at radius 2 is 2.14 bits per heavy atom. The van der Waals surface area contributed by atoms with Gasteiger partial charge in [-0.25, -0.2) is 0 Å². The number of halogens is 1. The van der Waals surface area contributed by atoms with Gasteiger partial charge in [0.15, 0.2) is 0 Å². The number of rotatable bonds is 2. The van der Waals surface area contributed by atoms with E-state index in [-0.39, 0.29) is 5.25 Å². The van der Waals surface area contributed by atoms with Crippen LogP contribution >= 0.6 is 23.4 Å². The maximum atomic E-state index is 11.4. The Balaban J connectivity index is 2.10. The van der Waals surface area contributed by atoms with E-state index in [2.05, 4.69) is 0 Å². The quantitative estimate of drug-likeness (QED) is 0.767. The van der Waals surface area contributed by atoms with Crippen molar-refractivity contribution in [2.24, 2.45) is 0 Å². The van der Waals surface area contributed by atoms with Gasteiger partial charge in [-0.2, -0.15) is 0 Å². The topological polar surface area (TPSA) is 17.1 Å². The van der Waals surface area contributed by atoms with E-state index in [0.29, 0.717) is 5.78 Å². The minimum absolute atomic E-state index is 0.134. The van der Waals surface area contributed by atoms with Gasteiger partial charge in [0.25, 0.3) is 0 Å². The molecule has 1 atom stereocenters. The number of benzene rings is 1. The van der Waals surface area contributed by atoms with Crippen LogP contribution in [0.4, 0.5) is 0 Å². The third kappa shape index (κ3) is 2.12. The molecule has 2 rings (SSSR count). The van der Waals surface area contributed by atoms with E-state index in [1.54, 1.807) is 11.8 Å². The molecule has 0 N–H and O–H groups in total. The molecule has 1 aromatic rings. The zero-order valence-electron chi connectivity index (χ0n) is 7.70. The molecule has 0 heterocycles. The largest absolute Gasteiger partial charge is 0.298 e. The number of carbonyl (C=O) groups is 1. The Morgan fingerprint density at radius 3 is 2.79 bits per heavy atom. The third-order valence-electron chi connectivity index (χ3n) is 2.35. The van der Waals surface area contributed by atoms with Crippen molar-refractivity contribution >= 4 is 29.1 Å². The van der Waals surface area contributed by atoms with E-state index in [1.807, 2.05) is 24.3 Å². The Bertz CT molecular complexity index is 351. The van der Waals surface area contributed by atoms with Crippen molar-refractivity contribution in [3.63, 3.8) is 0 Å². The lowest BCUT2D eigenvalue weighted by Gasteiger charge is -2.08. The van der Waals surface area contributed by atoms with Crippen LogP contribution in [-0.4, -0.2) is 11.0 Å². The van der Waals surface area contributed by atoms with Crippen LogP contribution in [0.25, 0.3) is 0 Å². The monoisotopic (exact) mass is 226 g/mol. The minimum atomic E-state index is 0.134. The Labute approximate surface area is 92.8 Å². The summed E-state index contributed by atoms with van der Waals surface area (Å²) in [6.45, 7) is 0. The molecule has 14 heavy (non-hydrogen) atoms. The Morgan fingerprint density at radius 1 is 1.36 bits per heavy atom. The summed E-state index contributed by atoms with van der Waals surface area (Å²) in [6, 6.07) is 7.69. The number of ketones is 1. The van der Waals surface area contributed by atoms with Crippen LogP contribution < -0.4 is 0 Å². The van der Waals surface area contributed by atoms with Crippen LogP contribution in [0, 0.1) is 0 Å². The van der Waals surface area contributed by atoms with E-state index >= 15 is 0 Å². The van der Waals surface area contributed by atoms with Crippen LogP contribution in [0.3, 0.4) is 0 Å². The highest BCUT2D eigenvalue weighted by Crippen LogP contribution is 2.35. The molecule has 0 amide bonds. The average Bonchev–Trinajstić information content (AvgIpc) is 2.56. The highest BCUT2D eigenvalue weighted by molar-refractivity contribution is 8.00. The van der Waals surface area contributed by atoms with Crippen molar-refractivity contribution in [1.82, 2.24) is 0 Å². The number of Topliss-reactive ketones (excluding diaryl/α,β-unsaturated/α-hetero) is 1. The predicted octanol–water partition coefficient (Wildman–Crippen LogP) is 3.55. The fourth-order valence-electron chi connectivity index (χ4n) is 1.60. The highest BCUT2D eigenvalue weighted by atomic mass is 35.5. The number of thioether (sulfide) groups is 1. The molecule has 1 aliphatic rings. The van der Waals surface area contributed by atoms with Gasteiger partial charge >= 0.3 is 0 Å². The minimum Gasteiger partial charge on any atom is -0.298 e. The lowest BCUT2D eigenvalue weighted by atomic mass is 10.3. The number of hydrogen-bond acceptors (Lipinski definition) is 2. The van der Waals surface area contributed by atoms with Crippen LogP contribution in [0.1, 0.15) is 19.3 Å². The second kappa shape index (κ2) is 4.37. The Hall–Kier alpha value is -0.470. The molecule has 0 aromatic heterocycles. The molecule has 1 saturated carbocycles. The second-order valence-electron chi connectivity index (χ2n) is 3.40. The molecule has 1 unspecified atom stereocenters. The van der Waals surface area contributed by atoms with Crippen LogP contribution in [0.5, 0.6) is 0 Å². The van der Waals surface area contributed by atoms with Gasteiger partial charge in [-0.3, -0.25) is 4.79 Å². The van der Waals surface area contributed by atoms with Crippen molar-refractivity contribution in [2.75, 3.05) is 0 Å². The van der Waals surface area contributed by atoms with Crippen molar-refractivity contribution in [2.45, 2.75) is 29.4 Å². The molecule has 0 bridgehead atoms. The van der Waals surface area contributed by atoms with E-state index < -0.39 is 0 Å². The summed E-state index contributed by atoms with van der Waals surface area (Å²) in [5.74, 6) is 0.370. The molecular weight excluding hydrogens is 216 g/mol. The highest BCUT2D eigenvalue weighted by Gasteiger charge is 2.25. The van der Waals surface area contributed by atoms with Crippen molar-refractivity contribution < 1.29 is 4.79 Å². The number of carbonyl (C=O) groups excluding carboxylic acids is 1. The first-order valence-corrected chi connectivity index (χ1v) is 5.97. The fraction of sp³-hybridized carbons (Fsp3) is 0.364. The normalized spacial score (nSPS) is 21.5. The van der Waals surface area contributed by atoms with Gasteiger partial charge in [0.1, 0.15) is 5.78 Å². The van der Waals surface area contributed by atoms with Crippen molar-refractivity contribution in [3.8, 4) is 0 Å². The lowest BCUT2D eigenvalue weighted by molar-refractivity contribution is -0.116. The summed E-state index contributed by atoms with van der Waals surface area (Å²) < 4.78 is 0. The first kappa shape index (κ1) is 10.1. The van der Waals surface area contributed by atoms with E-state index in [9.17, 15) is 4.79 Å². The van der Waals surface area contributed by atoms with Gasteiger partial charge in [-0.1, -0.05) is 23.7 Å². The molecule has 0 spiro atoms. The molecule has 0 aliphatic heterocycles. The maximum absolute atomic E-state index is 11.4. The molecule has 1 fully saturated rings. The van der Waals surface area contributed by atoms with Gasteiger partial charge in [-0.05, 0) is 25.0 Å². The fourth-order valence-corrected chi connectivity index (χ4v) is 3.05. The van der Waals surface area contributed by atoms with E-state index in [1.165, 1.54) is 0 Å². The van der Waals surface area contributed by atoms with E-state index in [0.717, 1.165) is 29.2 Å². The Kier molecular flexibility index (Phi) is 3.14. The predicted molar refractivity (Wildman–Crippen MR) is 60.0 cm³/mol. The molecule has 3 heteroatoms. The lowest BCUT2D eigenvalue weighted by Crippen LogP contribution is -2.07. The molecular formula is C11H11ClOS. The molecule has 1 aliphatic carbocycles. The van der Waals surface area contributed by atoms with Gasteiger partial charge in [0, 0.05) is 11.3 Å². The van der Waals surface area contributed by atoms with Gasteiger partial charge in [-0.15, -0.1) is 11.8 Å². The van der Waals surface area contributed by atoms with Crippen molar-refractivity contribution in [1.29, 1.82) is 0 Å². The average molecular weight is 227 g/mol.